The van der Waals surface area contributed by atoms with Gasteiger partial charge in [0.1, 0.15) is 11.5 Å². The highest BCUT2D eigenvalue weighted by Gasteiger charge is 2.17. The predicted octanol–water partition coefficient (Wildman–Crippen LogP) is 3.80. The molecule has 1 saturated carbocycles. The average molecular weight is 296 g/mol. The van der Waals surface area contributed by atoms with Crippen LogP contribution >= 0.6 is 11.8 Å². The standard InChI is InChI=1S/C16H24O3S/c1-18-13-8-12(9-14(10-13)19-2)16(17)11-20-15-6-4-3-5-7-15/h8-10,15-17H,3-7,11H2,1-2H3. The number of methoxy groups -OCH3 is 2. The molecule has 1 aromatic rings. The molecule has 112 valence electrons. The second-order valence-electron chi connectivity index (χ2n) is 5.26. The third-order valence-corrected chi connectivity index (χ3v) is 5.25. The number of rotatable bonds is 6. The van der Waals surface area contributed by atoms with E-state index in [1.54, 1.807) is 14.2 Å². The van der Waals surface area contributed by atoms with Crippen LogP contribution in [0.15, 0.2) is 18.2 Å². The quantitative estimate of drug-likeness (QED) is 0.866. The number of aliphatic hydroxyl groups excluding tert-OH is 1. The summed E-state index contributed by atoms with van der Waals surface area (Å²) in [5.74, 6) is 2.18. The third-order valence-electron chi connectivity index (χ3n) is 3.80. The zero-order chi connectivity index (χ0) is 14.4. The SMILES string of the molecule is COc1cc(OC)cc(C(O)CSC2CCCCC2)c1. The first kappa shape index (κ1) is 15.5. The van der Waals surface area contributed by atoms with Crippen molar-refractivity contribution in [1.82, 2.24) is 0 Å². The largest absolute Gasteiger partial charge is 0.497 e. The van der Waals surface area contributed by atoms with E-state index in [0.717, 1.165) is 22.8 Å². The maximum atomic E-state index is 10.4. The molecule has 20 heavy (non-hydrogen) atoms. The molecule has 1 unspecified atom stereocenters. The summed E-state index contributed by atoms with van der Waals surface area (Å²) in [7, 11) is 3.25. The monoisotopic (exact) mass is 296 g/mol. The Morgan fingerprint density at radius 2 is 1.70 bits per heavy atom. The summed E-state index contributed by atoms with van der Waals surface area (Å²) in [5, 5.41) is 11.1. The predicted molar refractivity (Wildman–Crippen MR) is 83.8 cm³/mol. The zero-order valence-electron chi connectivity index (χ0n) is 12.3. The van der Waals surface area contributed by atoms with E-state index < -0.39 is 6.10 Å². The molecule has 1 atom stereocenters. The molecule has 1 aromatic carbocycles. The molecule has 4 heteroatoms. The molecular weight excluding hydrogens is 272 g/mol. The van der Waals surface area contributed by atoms with Crippen LogP contribution in [0, 0.1) is 0 Å². The lowest BCUT2D eigenvalue weighted by atomic mass is 10.0. The normalized spacial score (nSPS) is 17.8. The fourth-order valence-corrected chi connectivity index (χ4v) is 3.89. The highest BCUT2D eigenvalue weighted by atomic mass is 32.2. The van der Waals surface area contributed by atoms with E-state index >= 15 is 0 Å². The first-order valence-electron chi connectivity index (χ1n) is 7.25. The van der Waals surface area contributed by atoms with E-state index in [2.05, 4.69) is 0 Å². The van der Waals surface area contributed by atoms with Crippen LogP contribution in [0.1, 0.15) is 43.8 Å². The molecule has 1 fully saturated rings. The molecule has 0 aromatic heterocycles. The molecule has 1 N–H and O–H groups in total. The third kappa shape index (κ3) is 4.32. The van der Waals surface area contributed by atoms with Crippen LogP contribution in [0.25, 0.3) is 0 Å². The van der Waals surface area contributed by atoms with Gasteiger partial charge in [0, 0.05) is 17.1 Å². The van der Waals surface area contributed by atoms with Crippen LogP contribution in [0.5, 0.6) is 11.5 Å². The summed E-state index contributed by atoms with van der Waals surface area (Å²) in [5.41, 5.74) is 0.865. The van der Waals surface area contributed by atoms with Crippen molar-refractivity contribution in [3.63, 3.8) is 0 Å². The van der Waals surface area contributed by atoms with Crippen LogP contribution in [-0.2, 0) is 0 Å². The summed E-state index contributed by atoms with van der Waals surface area (Å²) < 4.78 is 10.5. The maximum Gasteiger partial charge on any atom is 0.122 e. The van der Waals surface area contributed by atoms with Gasteiger partial charge >= 0.3 is 0 Å². The molecule has 0 spiro atoms. The first-order valence-corrected chi connectivity index (χ1v) is 8.30. The number of hydrogen-bond acceptors (Lipinski definition) is 4. The van der Waals surface area contributed by atoms with E-state index in [-0.39, 0.29) is 0 Å². The molecular formula is C16H24O3S. The van der Waals surface area contributed by atoms with Crippen molar-refractivity contribution < 1.29 is 14.6 Å². The topological polar surface area (TPSA) is 38.7 Å². The molecule has 0 heterocycles. The Bertz CT molecular complexity index is 394. The van der Waals surface area contributed by atoms with Gasteiger partial charge < -0.3 is 14.6 Å². The number of benzene rings is 1. The number of hydrogen-bond donors (Lipinski definition) is 1. The van der Waals surface area contributed by atoms with Gasteiger partial charge in [0.25, 0.3) is 0 Å². The van der Waals surface area contributed by atoms with E-state index in [1.165, 1.54) is 32.1 Å². The van der Waals surface area contributed by atoms with Gasteiger partial charge in [-0.3, -0.25) is 0 Å². The lowest BCUT2D eigenvalue weighted by molar-refractivity contribution is 0.203. The van der Waals surface area contributed by atoms with E-state index in [4.69, 9.17) is 9.47 Å². The summed E-state index contributed by atoms with van der Waals surface area (Å²) >= 11 is 1.90. The summed E-state index contributed by atoms with van der Waals surface area (Å²) in [6.07, 6.45) is 6.15. The van der Waals surface area contributed by atoms with Crippen molar-refractivity contribution in [2.75, 3.05) is 20.0 Å². The molecule has 0 bridgehead atoms. The number of thioether (sulfide) groups is 1. The maximum absolute atomic E-state index is 10.4. The highest BCUT2D eigenvalue weighted by molar-refractivity contribution is 7.99. The van der Waals surface area contributed by atoms with Crippen LogP contribution < -0.4 is 9.47 Å². The van der Waals surface area contributed by atoms with Crippen LogP contribution in [0.2, 0.25) is 0 Å². The molecule has 1 aliphatic rings. The first-order chi connectivity index (χ1) is 9.72. The Balaban J connectivity index is 1.95. The molecule has 2 rings (SSSR count). The molecule has 1 aliphatic carbocycles. The molecule has 0 radical (unpaired) electrons. The van der Waals surface area contributed by atoms with Crippen molar-refractivity contribution in [2.24, 2.45) is 0 Å². The van der Waals surface area contributed by atoms with Gasteiger partial charge in [-0.2, -0.15) is 11.8 Å². The number of aliphatic hydroxyl groups is 1. The highest BCUT2D eigenvalue weighted by Crippen LogP contribution is 2.33. The van der Waals surface area contributed by atoms with E-state index in [1.807, 2.05) is 30.0 Å². The van der Waals surface area contributed by atoms with Crippen LogP contribution in [0.4, 0.5) is 0 Å². The summed E-state index contributed by atoms with van der Waals surface area (Å²) in [4.78, 5) is 0. The molecule has 0 saturated heterocycles. The minimum atomic E-state index is -0.467. The average Bonchev–Trinajstić information content (AvgIpc) is 2.52. The summed E-state index contributed by atoms with van der Waals surface area (Å²) in [6, 6.07) is 5.59. The Labute approximate surface area is 125 Å². The van der Waals surface area contributed by atoms with E-state index in [9.17, 15) is 5.11 Å². The van der Waals surface area contributed by atoms with Crippen molar-refractivity contribution in [1.29, 1.82) is 0 Å². The van der Waals surface area contributed by atoms with Crippen LogP contribution in [-0.4, -0.2) is 30.3 Å². The fourth-order valence-electron chi connectivity index (χ4n) is 2.58. The molecule has 3 nitrogen and oxygen atoms in total. The second kappa shape index (κ2) is 7.79. The Morgan fingerprint density at radius 1 is 1.10 bits per heavy atom. The number of ether oxygens (including phenoxy) is 2. The lowest BCUT2D eigenvalue weighted by Crippen LogP contribution is -2.11. The van der Waals surface area contributed by atoms with Crippen molar-refractivity contribution in [3.05, 3.63) is 23.8 Å². The van der Waals surface area contributed by atoms with Crippen molar-refractivity contribution in [2.45, 2.75) is 43.5 Å². The Hall–Kier alpha value is -0.870. The smallest absolute Gasteiger partial charge is 0.122 e. The second-order valence-corrected chi connectivity index (χ2v) is 6.59. The van der Waals surface area contributed by atoms with Gasteiger partial charge in [-0.1, -0.05) is 19.3 Å². The van der Waals surface area contributed by atoms with Gasteiger partial charge in [-0.05, 0) is 30.5 Å². The van der Waals surface area contributed by atoms with Gasteiger partial charge in [0.05, 0.1) is 20.3 Å². The molecule has 0 aliphatic heterocycles. The lowest BCUT2D eigenvalue weighted by Gasteiger charge is -2.22. The van der Waals surface area contributed by atoms with Crippen molar-refractivity contribution >= 4 is 11.8 Å². The Morgan fingerprint density at radius 3 is 2.25 bits per heavy atom. The Kier molecular flexibility index (Phi) is 6.05. The van der Waals surface area contributed by atoms with Crippen molar-refractivity contribution in [3.8, 4) is 11.5 Å². The minimum Gasteiger partial charge on any atom is -0.497 e. The zero-order valence-corrected chi connectivity index (χ0v) is 13.1. The van der Waals surface area contributed by atoms with Crippen LogP contribution in [0.3, 0.4) is 0 Å². The fraction of sp³-hybridized carbons (Fsp3) is 0.625. The summed E-state index contributed by atoms with van der Waals surface area (Å²) in [6.45, 7) is 0. The van der Waals surface area contributed by atoms with Gasteiger partial charge in [0.15, 0.2) is 0 Å². The van der Waals surface area contributed by atoms with Gasteiger partial charge in [-0.25, -0.2) is 0 Å². The molecule has 0 amide bonds. The van der Waals surface area contributed by atoms with E-state index in [0.29, 0.717) is 5.25 Å². The minimum absolute atomic E-state index is 0.467. The van der Waals surface area contributed by atoms with Gasteiger partial charge in [-0.15, -0.1) is 0 Å². The van der Waals surface area contributed by atoms with Gasteiger partial charge in [0.2, 0.25) is 0 Å².